The van der Waals surface area contributed by atoms with Crippen molar-refractivity contribution in [3.8, 4) is 0 Å². The van der Waals surface area contributed by atoms with E-state index in [1.165, 1.54) is 43.3 Å². The van der Waals surface area contributed by atoms with Crippen LogP contribution < -0.4 is 10.0 Å². The molecule has 1 aromatic heterocycles. The number of amides is 1. The van der Waals surface area contributed by atoms with Gasteiger partial charge in [0.1, 0.15) is 11.6 Å². The van der Waals surface area contributed by atoms with E-state index >= 15 is 0 Å². The maximum atomic E-state index is 13.4. The first-order chi connectivity index (χ1) is 15.3. The van der Waals surface area contributed by atoms with E-state index < -0.39 is 15.8 Å². The Bertz CT molecular complexity index is 1240. The van der Waals surface area contributed by atoms with Crippen LogP contribution in [-0.2, 0) is 29.5 Å². The van der Waals surface area contributed by atoms with Crippen molar-refractivity contribution in [1.29, 1.82) is 0 Å². The highest BCUT2D eigenvalue weighted by molar-refractivity contribution is 7.92. The highest BCUT2D eigenvalue weighted by atomic mass is 32.2. The molecule has 0 saturated carbocycles. The molecule has 3 aromatic rings. The Morgan fingerprint density at radius 2 is 1.88 bits per heavy atom. The molecule has 0 spiro atoms. The smallest absolute Gasteiger partial charge is 0.261 e. The zero-order valence-corrected chi connectivity index (χ0v) is 18.5. The van der Waals surface area contributed by atoms with E-state index in [2.05, 4.69) is 24.8 Å². The van der Waals surface area contributed by atoms with Crippen LogP contribution in [0.15, 0.2) is 47.4 Å². The number of carbonyl (C=O) groups excluding carboxylic acids is 1. The molecule has 2 heterocycles. The summed E-state index contributed by atoms with van der Waals surface area (Å²) in [7, 11) is -3.87. The van der Waals surface area contributed by atoms with E-state index in [9.17, 15) is 17.6 Å². The van der Waals surface area contributed by atoms with Gasteiger partial charge in [-0.15, -0.1) is 10.2 Å². The summed E-state index contributed by atoms with van der Waals surface area (Å²) < 4.78 is 43.0. The SMILES string of the molecule is Cc1cc(S(=O)(=O)Nc2ccc(C(=O)NCc3nnc4n3CCCCC4)cc2)ccc1F. The van der Waals surface area contributed by atoms with Gasteiger partial charge in [0.05, 0.1) is 11.4 Å². The monoisotopic (exact) mass is 457 g/mol. The number of carbonyl (C=O) groups is 1. The first-order valence-electron chi connectivity index (χ1n) is 10.4. The number of anilines is 1. The van der Waals surface area contributed by atoms with Gasteiger partial charge in [-0.1, -0.05) is 6.42 Å². The van der Waals surface area contributed by atoms with Crippen molar-refractivity contribution in [2.75, 3.05) is 4.72 Å². The molecule has 0 bridgehead atoms. The Morgan fingerprint density at radius 1 is 1.09 bits per heavy atom. The summed E-state index contributed by atoms with van der Waals surface area (Å²) in [4.78, 5) is 12.5. The summed E-state index contributed by atoms with van der Waals surface area (Å²) in [6, 6.07) is 9.67. The molecule has 0 aliphatic carbocycles. The standard InChI is InChI=1S/C22H24FN5O3S/c1-15-13-18(10-11-19(15)23)32(30,31)27-17-8-6-16(7-9-17)22(29)24-14-21-26-25-20-5-3-2-4-12-28(20)21/h6-11,13,27H,2-5,12,14H2,1H3,(H,24,29). The predicted molar refractivity (Wildman–Crippen MR) is 117 cm³/mol. The molecule has 0 unspecified atom stereocenters. The van der Waals surface area contributed by atoms with E-state index in [0.29, 0.717) is 11.3 Å². The van der Waals surface area contributed by atoms with Gasteiger partial charge in [-0.05, 0) is 67.8 Å². The lowest BCUT2D eigenvalue weighted by molar-refractivity contribution is 0.0949. The van der Waals surface area contributed by atoms with Crippen LogP contribution in [0.4, 0.5) is 10.1 Å². The van der Waals surface area contributed by atoms with E-state index in [1.807, 2.05) is 0 Å². The van der Waals surface area contributed by atoms with Gasteiger partial charge < -0.3 is 9.88 Å². The second-order valence-electron chi connectivity index (χ2n) is 7.77. The van der Waals surface area contributed by atoms with E-state index in [0.717, 1.165) is 49.9 Å². The second-order valence-corrected chi connectivity index (χ2v) is 9.45. The van der Waals surface area contributed by atoms with Crippen LogP contribution in [0.1, 0.15) is 46.8 Å². The highest BCUT2D eigenvalue weighted by Crippen LogP contribution is 2.19. The largest absolute Gasteiger partial charge is 0.345 e. The molecule has 0 saturated heterocycles. The summed E-state index contributed by atoms with van der Waals surface area (Å²) in [6.45, 7) is 2.62. The first kappa shape index (κ1) is 21.9. The van der Waals surface area contributed by atoms with Gasteiger partial charge in [0.25, 0.3) is 15.9 Å². The van der Waals surface area contributed by atoms with Gasteiger partial charge in [0, 0.05) is 24.2 Å². The van der Waals surface area contributed by atoms with Gasteiger partial charge in [-0.2, -0.15) is 0 Å². The number of aromatic nitrogens is 3. The maximum absolute atomic E-state index is 13.4. The number of rotatable bonds is 6. The molecule has 2 N–H and O–H groups in total. The molecule has 32 heavy (non-hydrogen) atoms. The molecule has 1 aliphatic heterocycles. The molecule has 2 aromatic carbocycles. The summed E-state index contributed by atoms with van der Waals surface area (Å²) in [5.41, 5.74) is 0.928. The third-order valence-corrected chi connectivity index (χ3v) is 6.81. The van der Waals surface area contributed by atoms with Crippen molar-refractivity contribution < 1.29 is 17.6 Å². The highest BCUT2D eigenvalue weighted by Gasteiger charge is 2.17. The van der Waals surface area contributed by atoms with Crippen LogP contribution in [0.3, 0.4) is 0 Å². The summed E-state index contributed by atoms with van der Waals surface area (Å²) in [5.74, 6) is 0.926. The van der Waals surface area contributed by atoms with Crippen LogP contribution >= 0.6 is 0 Å². The predicted octanol–water partition coefficient (Wildman–Crippen LogP) is 3.18. The van der Waals surface area contributed by atoms with E-state index in [-0.39, 0.29) is 22.9 Å². The average Bonchev–Trinajstić information content (AvgIpc) is 2.99. The number of sulfonamides is 1. The number of nitrogens with one attached hydrogen (secondary N) is 2. The maximum Gasteiger partial charge on any atom is 0.261 e. The number of hydrogen-bond acceptors (Lipinski definition) is 5. The molecule has 1 amide bonds. The molecular weight excluding hydrogens is 433 g/mol. The van der Waals surface area contributed by atoms with Crippen LogP contribution in [0, 0.1) is 12.7 Å². The minimum Gasteiger partial charge on any atom is -0.345 e. The number of nitrogens with zero attached hydrogens (tertiary/aromatic N) is 3. The molecule has 4 rings (SSSR count). The van der Waals surface area contributed by atoms with Crippen molar-refractivity contribution in [2.45, 2.75) is 50.6 Å². The van der Waals surface area contributed by atoms with E-state index in [4.69, 9.17) is 0 Å². The van der Waals surface area contributed by atoms with Gasteiger partial charge in [-0.25, -0.2) is 12.8 Å². The lowest BCUT2D eigenvalue weighted by Crippen LogP contribution is -2.25. The second kappa shape index (κ2) is 9.07. The van der Waals surface area contributed by atoms with Crippen LogP contribution in [0.2, 0.25) is 0 Å². The fourth-order valence-electron chi connectivity index (χ4n) is 3.63. The lowest BCUT2D eigenvalue weighted by atomic mass is 10.2. The third-order valence-electron chi connectivity index (χ3n) is 5.43. The normalized spacial score (nSPS) is 13.8. The molecule has 0 fully saturated rings. The Balaban J connectivity index is 1.39. The Kier molecular flexibility index (Phi) is 6.22. The Morgan fingerprint density at radius 3 is 2.62 bits per heavy atom. The fourth-order valence-corrected chi connectivity index (χ4v) is 4.77. The van der Waals surface area contributed by atoms with Crippen molar-refractivity contribution in [2.24, 2.45) is 0 Å². The molecule has 0 atom stereocenters. The van der Waals surface area contributed by atoms with Gasteiger partial charge in [0.2, 0.25) is 0 Å². The van der Waals surface area contributed by atoms with Crippen molar-refractivity contribution in [3.05, 3.63) is 71.1 Å². The fraction of sp³-hybridized carbons (Fsp3) is 0.318. The molecule has 1 aliphatic rings. The van der Waals surface area contributed by atoms with Crippen molar-refractivity contribution in [1.82, 2.24) is 20.1 Å². The zero-order chi connectivity index (χ0) is 22.7. The topological polar surface area (TPSA) is 106 Å². The Labute approximate surface area is 185 Å². The van der Waals surface area contributed by atoms with Gasteiger partial charge in [0.15, 0.2) is 5.82 Å². The van der Waals surface area contributed by atoms with Crippen LogP contribution in [-0.4, -0.2) is 29.1 Å². The van der Waals surface area contributed by atoms with Crippen LogP contribution in [0.25, 0.3) is 0 Å². The summed E-state index contributed by atoms with van der Waals surface area (Å²) >= 11 is 0. The Hall–Kier alpha value is -3.27. The van der Waals surface area contributed by atoms with Crippen molar-refractivity contribution >= 4 is 21.6 Å². The van der Waals surface area contributed by atoms with E-state index in [1.54, 1.807) is 0 Å². The molecule has 0 radical (unpaired) electrons. The quantitative estimate of drug-likeness (QED) is 0.591. The minimum atomic E-state index is -3.87. The zero-order valence-electron chi connectivity index (χ0n) is 17.6. The van der Waals surface area contributed by atoms with Gasteiger partial charge >= 0.3 is 0 Å². The number of hydrogen-bond donors (Lipinski definition) is 2. The third kappa shape index (κ3) is 4.80. The molecule has 10 heteroatoms. The van der Waals surface area contributed by atoms with Gasteiger partial charge in [-0.3, -0.25) is 9.52 Å². The number of halogens is 1. The molecule has 168 valence electrons. The van der Waals surface area contributed by atoms with Crippen LogP contribution in [0.5, 0.6) is 0 Å². The van der Waals surface area contributed by atoms with Crippen molar-refractivity contribution in [3.63, 3.8) is 0 Å². The number of aryl methyl sites for hydroxylation is 2. The molecule has 8 nitrogen and oxygen atoms in total. The number of benzene rings is 2. The summed E-state index contributed by atoms with van der Waals surface area (Å²) in [6.07, 6.45) is 4.23. The molecular formula is C22H24FN5O3S. The first-order valence-corrected chi connectivity index (χ1v) is 11.9. The summed E-state index contributed by atoms with van der Waals surface area (Å²) in [5, 5.41) is 11.3. The lowest BCUT2D eigenvalue weighted by Gasteiger charge is -2.10. The minimum absolute atomic E-state index is 0.0364. The number of fused-ring (bicyclic) bond motifs is 1. The average molecular weight is 458 g/mol.